The van der Waals surface area contributed by atoms with Crippen LogP contribution in [0.5, 0.6) is 5.75 Å². The van der Waals surface area contributed by atoms with Crippen LogP contribution in [0.25, 0.3) is 0 Å². The van der Waals surface area contributed by atoms with Crippen LogP contribution in [-0.2, 0) is 5.54 Å². The Hall–Kier alpha value is -1.84. The predicted octanol–water partition coefficient (Wildman–Crippen LogP) is 2.79. The Morgan fingerprint density at radius 2 is 1.76 bits per heavy atom. The summed E-state index contributed by atoms with van der Waals surface area (Å²) in [5.74, 6) is 0.821. The largest absolute Gasteiger partial charge is 0.491 e. The van der Waals surface area contributed by atoms with Gasteiger partial charge in [0.1, 0.15) is 17.9 Å². The summed E-state index contributed by atoms with van der Waals surface area (Å²) in [6.45, 7) is 4.48. The summed E-state index contributed by atoms with van der Waals surface area (Å²) < 4.78 is 5.92. The van der Waals surface area contributed by atoms with Gasteiger partial charge in [0.15, 0.2) is 0 Å². The van der Waals surface area contributed by atoms with Crippen LogP contribution in [0.3, 0.4) is 0 Å². The number of rotatable bonds is 6. The average molecular weight is 285 g/mol. The van der Waals surface area contributed by atoms with Gasteiger partial charge in [-0.3, -0.25) is 0 Å². The Kier molecular flexibility index (Phi) is 4.99. The van der Waals surface area contributed by atoms with Crippen LogP contribution < -0.4 is 10.1 Å². The lowest BCUT2D eigenvalue weighted by atomic mass is 9.92. The Labute approximate surface area is 126 Å². The lowest BCUT2D eigenvalue weighted by Crippen LogP contribution is -2.48. The van der Waals surface area contributed by atoms with Gasteiger partial charge in [-0.15, -0.1) is 0 Å². The van der Waals surface area contributed by atoms with E-state index in [0.717, 1.165) is 11.3 Å². The molecule has 2 aromatic carbocycles. The lowest BCUT2D eigenvalue weighted by molar-refractivity contribution is 0.108. The fourth-order valence-corrected chi connectivity index (χ4v) is 2.28. The Morgan fingerprint density at radius 1 is 1.05 bits per heavy atom. The molecule has 0 amide bonds. The van der Waals surface area contributed by atoms with Gasteiger partial charge >= 0.3 is 0 Å². The van der Waals surface area contributed by atoms with Gasteiger partial charge in [0.05, 0.1) is 6.61 Å². The molecule has 3 heteroatoms. The third-order valence-electron chi connectivity index (χ3n) is 4.04. The van der Waals surface area contributed by atoms with E-state index in [1.54, 1.807) is 0 Å². The number of benzene rings is 2. The molecule has 0 saturated heterocycles. The van der Waals surface area contributed by atoms with Gasteiger partial charge in [0.2, 0.25) is 0 Å². The average Bonchev–Trinajstić information content (AvgIpc) is 2.53. The molecule has 3 nitrogen and oxygen atoms in total. The topological polar surface area (TPSA) is 41.5 Å². The summed E-state index contributed by atoms with van der Waals surface area (Å²) >= 11 is 0. The van der Waals surface area contributed by atoms with Crippen molar-refractivity contribution in [3.63, 3.8) is 0 Å². The fourth-order valence-electron chi connectivity index (χ4n) is 2.28. The molecule has 0 aliphatic rings. The molecule has 0 aliphatic carbocycles. The van der Waals surface area contributed by atoms with Crippen LogP contribution in [0.15, 0.2) is 48.5 Å². The minimum atomic E-state index is -0.597. The van der Waals surface area contributed by atoms with Crippen LogP contribution >= 0.6 is 0 Å². The van der Waals surface area contributed by atoms with Crippen LogP contribution in [0.4, 0.5) is 0 Å². The molecule has 1 atom stereocenters. The van der Waals surface area contributed by atoms with Gasteiger partial charge in [-0.1, -0.05) is 36.4 Å². The zero-order valence-corrected chi connectivity index (χ0v) is 12.9. The van der Waals surface area contributed by atoms with Crippen molar-refractivity contribution in [1.82, 2.24) is 5.32 Å². The number of aryl methyl sites for hydroxylation is 2. The number of aliphatic hydroxyl groups is 1. The second-order valence-electron chi connectivity index (χ2n) is 5.39. The van der Waals surface area contributed by atoms with Gasteiger partial charge in [0, 0.05) is 0 Å². The first-order valence-electron chi connectivity index (χ1n) is 7.16. The van der Waals surface area contributed by atoms with Crippen molar-refractivity contribution >= 4 is 0 Å². The molecule has 0 bridgehead atoms. The van der Waals surface area contributed by atoms with E-state index in [9.17, 15) is 5.11 Å². The Morgan fingerprint density at radius 3 is 2.33 bits per heavy atom. The Bertz CT molecular complexity index is 577. The molecule has 0 aromatic heterocycles. The second-order valence-corrected chi connectivity index (χ2v) is 5.39. The van der Waals surface area contributed by atoms with Crippen LogP contribution in [0.1, 0.15) is 16.7 Å². The number of aliphatic hydroxyl groups excluding tert-OH is 1. The second kappa shape index (κ2) is 6.74. The van der Waals surface area contributed by atoms with Gasteiger partial charge in [0.25, 0.3) is 0 Å². The third kappa shape index (κ3) is 3.43. The van der Waals surface area contributed by atoms with E-state index in [1.807, 2.05) is 55.6 Å². The zero-order chi connectivity index (χ0) is 15.3. The molecule has 2 rings (SSSR count). The molecule has 112 valence electrons. The fraction of sp³-hybridized carbons (Fsp3) is 0.333. The zero-order valence-electron chi connectivity index (χ0n) is 12.9. The van der Waals surface area contributed by atoms with Gasteiger partial charge in [-0.05, 0) is 49.7 Å². The number of nitrogens with one attached hydrogen (secondary N) is 1. The van der Waals surface area contributed by atoms with E-state index < -0.39 is 5.54 Å². The van der Waals surface area contributed by atoms with E-state index in [1.165, 1.54) is 11.1 Å². The summed E-state index contributed by atoms with van der Waals surface area (Å²) in [7, 11) is 1.84. The number of hydrogen-bond acceptors (Lipinski definition) is 3. The first kappa shape index (κ1) is 15.5. The molecule has 2 N–H and O–H groups in total. The molecule has 0 saturated carbocycles. The Balaban J connectivity index is 2.19. The summed E-state index contributed by atoms with van der Waals surface area (Å²) in [5, 5.41) is 13.1. The first-order valence-corrected chi connectivity index (χ1v) is 7.16. The van der Waals surface area contributed by atoms with Crippen molar-refractivity contribution in [2.45, 2.75) is 19.4 Å². The number of likely N-dealkylation sites (N-methyl/N-ethyl adjacent to an activating group) is 1. The third-order valence-corrected chi connectivity index (χ3v) is 4.04. The summed E-state index contributed by atoms with van der Waals surface area (Å²) in [6, 6.07) is 15.9. The summed E-state index contributed by atoms with van der Waals surface area (Å²) in [6.07, 6.45) is 0. The van der Waals surface area contributed by atoms with E-state index in [2.05, 4.69) is 19.2 Å². The molecular weight excluding hydrogens is 262 g/mol. The van der Waals surface area contributed by atoms with Crippen LogP contribution in [0.2, 0.25) is 0 Å². The van der Waals surface area contributed by atoms with Crippen LogP contribution in [-0.4, -0.2) is 25.4 Å². The maximum atomic E-state index is 9.86. The molecule has 0 aliphatic heterocycles. The summed E-state index contributed by atoms with van der Waals surface area (Å²) in [4.78, 5) is 0. The minimum Gasteiger partial charge on any atom is -0.491 e. The highest BCUT2D eigenvalue weighted by atomic mass is 16.5. The van der Waals surface area contributed by atoms with Gasteiger partial charge in [-0.25, -0.2) is 0 Å². The predicted molar refractivity (Wildman–Crippen MR) is 85.7 cm³/mol. The molecule has 0 radical (unpaired) electrons. The van der Waals surface area contributed by atoms with Crippen LogP contribution in [0, 0.1) is 13.8 Å². The summed E-state index contributed by atoms with van der Waals surface area (Å²) in [5.41, 5.74) is 2.86. The molecule has 2 aromatic rings. The van der Waals surface area contributed by atoms with Gasteiger partial charge < -0.3 is 15.2 Å². The lowest BCUT2D eigenvalue weighted by Gasteiger charge is -2.32. The van der Waals surface area contributed by atoms with Crippen molar-refractivity contribution < 1.29 is 9.84 Å². The van der Waals surface area contributed by atoms with Crippen molar-refractivity contribution in [3.05, 3.63) is 65.2 Å². The molecular formula is C18H23NO2. The highest BCUT2D eigenvalue weighted by Gasteiger charge is 2.30. The van der Waals surface area contributed by atoms with Crippen molar-refractivity contribution in [2.75, 3.05) is 20.3 Å². The minimum absolute atomic E-state index is 0.0294. The van der Waals surface area contributed by atoms with E-state index in [0.29, 0.717) is 6.61 Å². The monoisotopic (exact) mass is 285 g/mol. The van der Waals surface area contributed by atoms with Crippen molar-refractivity contribution in [2.24, 2.45) is 0 Å². The highest BCUT2D eigenvalue weighted by Crippen LogP contribution is 2.23. The maximum absolute atomic E-state index is 9.86. The van der Waals surface area contributed by atoms with Crippen molar-refractivity contribution in [3.8, 4) is 5.75 Å². The normalized spacial score (nSPS) is 13.7. The van der Waals surface area contributed by atoms with Gasteiger partial charge in [-0.2, -0.15) is 0 Å². The number of hydrogen-bond donors (Lipinski definition) is 2. The van der Waals surface area contributed by atoms with E-state index in [-0.39, 0.29) is 6.61 Å². The standard InChI is InChI=1S/C18H23NO2/c1-14-9-10-17(11-15(14)2)21-13-18(12-20,19-3)16-7-5-4-6-8-16/h4-11,19-20H,12-13H2,1-3H3. The molecule has 1 unspecified atom stereocenters. The van der Waals surface area contributed by atoms with E-state index >= 15 is 0 Å². The molecule has 0 heterocycles. The van der Waals surface area contributed by atoms with E-state index in [4.69, 9.17) is 4.74 Å². The SMILES string of the molecule is CNC(CO)(COc1ccc(C)c(C)c1)c1ccccc1. The quantitative estimate of drug-likeness (QED) is 0.857. The molecule has 0 spiro atoms. The first-order chi connectivity index (χ1) is 10.1. The maximum Gasteiger partial charge on any atom is 0.119 e. The smallest absolute Gasteiger partial charge is 0.119 e. The molecule has 21 heavy (non-hydrogen) atoms. The highest BCUT2D eigenvalue weighted by molar-refractivity contribution is 5.34. The number of ether oxygens (including phenoxy) is 1. The molecule has 0 fully saturated rings. The van der Waals surface area contributed by atoms with Crippen molar-refractivity contribution in [1.29, 1.82) is 0 Å².